The van der Waals surface area contributed by atoms with Crippen LogP contribution in [0.3, 0.4) is 0 Å². The molecule has 3 N–H and O–H groups in total. The number of hydrogen-bond acceptors (Lipinski definition) is 2. The van der Waals surface area contributed by atoms with E-state index in [-0.39, 0.29) is 0 Å². The van der Waals surface area contributed by atoms with Gasteiger partial charge in [-0.2, -0.15) is 0 Å². The van der Waals surface area contributed by atoms with E-state index in [2.05, 4.69) is 18.0 Å². The summed E-state index contributed by atoms with van der Waals surface area (Å²) in [5.41, 5.74) is 5.94. The van der Waals surface area contributed by atoms with Crippen molar-refractivity contribution in [3.05, 3.63) is 12.7 Å². The summed E-state index contributed by atoms with van der Waals surface area (Å²) in [6.45, 7) is 3.84. The molecular formula is C9H16N2. The SMILES string of the molecule is C=CC1C[C@H]2C[C@@H](N)[C@@H](C1)N2. The second-order valence-corrected chi connectivity index (χ2v) is 3.84. The van der Waals surface area contributed by atoms with Crippen molar-refractivity contribution >= 4 is 0 Å². The lowest BCUT2D eigenvalue weighted by molar-refractivity contribution is 0.338. The zero-order valence-electron chi connectivity index (χ0n) is 6.79. The van der Waals surface area contributed by atoms with Gasteiger partial charge in [-0.25, -0.2) is 0 Å². The lowest BCUT2D eigenvalue weighted by Gasteiger charge is -2.27. The fraction of sp³-hybridized carbons (Fsp3) is 0.778. The van der Waals surface area contributed by atoms with Gasteiger partial charge in [0, 0.05) is 18.1 Å². The highest BCUT2D eigenvalue weighted by atomic mass is 15.1. The van der Waals surface area contributed by atoms with E-state index in [1.165, 1.54) is 12.8 Å². The van der Waals surface area contributed by atoms with Crippen LogP contribution in [0.1, 0.15) is 19.3 Å². The molecular weight excluding hydrogens is 136 g/mol. The second-order valence-electron chi connectivity index (χ2n) is 3.84. The van der Waals surface area contributed by atoms with E-state index in [1.807, 2.05) is 0 Å². The molecule has 0 aromatic heterocycles. The monoisotopic (exact) mass is 152 g/mol. The standard InChI is InChI=1S/C9H16N2/c1-2-6-3-7-5-8(10)9(4-6)11-7/h2,6-9,11H,1,3-5,10H2/t6?,7-,8+,9+/m0/s1. The van der Waals surface area contributed by atoms with Gasteiger partial charge in [0.1, 0.15) is 0 Å². The van der Waals surface area contributed by atoms with Crippen molar-refractivity contribution in [1.29, 1.82) is 0 Å². The Kier molecular flexibility index (Phi) is 1.74. The summed E-state index contributed by atoms with van der Waals surface area (Å²) in [6, 6.07) is 1.63. The minimum absolute atomic E-state index is 0.393. The molecule has 62 valence electrons. The second kappa shape index (κ2) is 2.61. The van der Waals surface area contributed by atoms with Gasteiger partial charge >= 0.3 is 0 Å². The van der Waals surface area contributed by atoms with Gasteiger partial charge in [0.2, 0.25) is 0 Å². The fourth-order valence-electron chi connectivity index (χ4n) is 2.37. The van der Waals surface area contributed by atoms with E-state index in [0.717, 1.165) is 6.42 Å². The van der Waals surface area contributed by atoms with Gasteiger partial charge in [-0.3, -0.25) is 0 Å². The molecule has 2 aliphatic heterocycles. The van der Waals surface area contributed by atoms with Gasteiger partial charge in [-0.1, -0.05) is 6.08 Å². The molecule has 0 aliphatic carbocycles. The van der Waals surface area contributed by atoms with Crippen LogP contribution in [-0.4, -0.2) is 18.1 Å². The third-order valence-corrected chi connectivity index (χ3v) is 3.00. The van der Waals surface area contributed by atoms with Gasteiger partial charge in [-0.15, -0.1) is 6.58 Å². The van der Waals surface area contributed by atoms with Crippen LogP contribution in [0.25, 0.3) is 0 Å². The topological polar surface area (TPSA) is 38.0 Å². The summed E-state index contributed by atoms with van der Waals surface area (Å²) in [5, 5.41) is 3.53. The van der Waals surface area contributed by atoms with Crippen LogP contribution < -0.4 is 11.1 Å². The molecule has 2 bridgehead atoms. The minimum Gasteiger partial charge on any atom is -0.326 e. The van der Waals surface area contributed by atoms with Crippen LogP contribution in [0.15, 0.2) is 12.7 Å². The Morgan fingerprint density at radius 1 is 1.36 bits per heavy atom. The van der Waals surface area contributed by atoms with Crippen molar-refractivity contribution in [3.63, 3.8) is 0 Å². The Morgan fingerprint density at radius 3 is 2.82 bits per heavy atom. The van der Waals surface area contributed by atoms with Crippen LogP contribution in [0, 0.1) is 5.92 Å². The summed E-state index contributed by atoms with van der Waals surface area (Å²) in [7, 11) is 0. The number of fused-ring (bicyclic) bond motifs is 2. The highest BCUT2D eigenvalue weighted by molar-refractivity contribution is 5.02. The van der Waals surface area contributed by atoms with Gasteiger partial charge in [0.25, 0.3) is 0 Å². The molecule has 2 aliphatic rings. The lowest BCUT2D eigenvalue weighted by Crippen LogP contribution is -2.42. The van der Waals surface area contributed by atoms with Crippen LogP contribution in [-0.2, 0) is 0 Å². The minimum atomic E-state index is 0.393. The molecule has 2 fully saturated rings. The number of hydrogen-bond donors (Lipinski definition) is 2. The molecule has 11 heavy (non-hydrogen) atoms. The molecule has 2 saturated heterocycles. The molecule has 2 nitrogen and oxygen atoms in total. The van der Waals surface area contributed by atoms with Crippen LogP contribution >= 0.6 is 0 Å². The van der Waals surface area contributed by atoms with E-state index < -0.39 is 0 Å². The molecule has 0 spiro atoms. The zero-order valence-corrected chi connectivity index (χ0v) is 6.79. The zero-order chi connectivity index (χ0) is 7.84. The Bertz CT molecular complexity index is 165. The highest BCUT2D eigenvalue weighted by Crippen LogP contribution is 2.30. The first kappa shape index (κ1) is 7.32. The molecule has 2 heterocycles. The average Bonchev–Trinajstić information content (AvgIpc) is 2.26. The van der Waals surface area contributed by atoms with E-state index in [1.54, 1.807) is 0 Å². The summed E-state index contributed by atoms with van der Waals surface area (Å²) < 4.78 is 0. The molecule has 1 unspecified atom stereocenters. The summed E-state index contributed by atoms with van der Waals surface area (Å²) >= 11 is 0. The molecule has 2 rings (SSSR count). The quantitative estimate of drug-likeness (QED) is 0.541. The Morgan fingerprint density at radius 2 is 2.18 bits per heavy atom. The molecule has 2 heteroatoms. The van der Waals surface area contributed by atoms with Crippen LogP contribution in [0.4, 0.5) is 0 Å². The predicted molar refractivity (Wildman–Crippen MR) is 46.2 cm³/mol. The number of rotatable bonds is 1. The van der Waals surface area contributed by atoms with Crippen molar-refractivity contribution < 1.29 is 0 Å². The maximum Gasteiger partial charge on any atom is 0.0227 e. The smallest absolute Gasteiger partial charge is 0.0227 e. The normalized spacial score (nSPS) is 49.2. The molecule has 0 aromatic rings. The first-order valence-corrected chi connectivity index (χ1v) is 4.44. The first-order valence-electron chi connectivity index (χ1n) is 4.44. The highest BCUT2D eigenvalue weighted by Gasteiger charge is 2.37. The molecule has 4 atom stereocenters. The Balaban J connectivity index is 2.05. The fourth-order valence-corrected chi connectivity index (χ4v) is 2.37. The summed E-state index contributed by atoms with van der Waals surface area (Å²) in [4.78, 5) is 0. The lowest BCUT2D eigenvalue weighted by atomic mass is 9.92. The Labute approximate surface area is 67.8 Å². The first-order chi connectivity index (χ1) is 5.29. The molecule has 0 amide bonds. The van der Waals surface area contributed by atoms with E-state index in [0.29, 0.717) is 24.0 Å². The predicted octanol–water partition coefficient (Wildman–Crippen LogP) is 0.640. The van der Waals surface area contributed by atoms with E-state index in [4.69, 9.17) is 5.73 Å². The number of nitrogens with one attached hydrogen (secondary N) is 1. The van der Waals surface area contributed by atoms with E-state index >= 15 is 0 Å². The van der Waals surface area contributed by atoms with Gasteiger partial charge in [0.05, 0.1) is 0 Å². The summed E-state index contributed by atoms with van der Waals surface area (Å²) in [5.74, 6) is 0.708. The van der Waals surface area contributed by atoms with Gasteiger partial charge < -0.3 is 11.1 Å². The third kappa shape index (κ3) is 1.21. The van der Waals surface area contributed by atoms with Crippen molar-refractivity contribution in [1.82, 2.24) is 5.32 Å². The van der Waals surface area contributed by atoms with Gasteiger partial charge in [0.15, 0.2) is 0 Å². The van der Waals surface area contributed by atoms with Crippen molar-refractivity contribution in [2.24, 2.45) is 11.7 Å². The Hall–Kier alpha value is -0.340. The van der Waals surface area contributed by atoms with Crippen LogP contribution in [0.2, 0.25) is 0 Å². The van der Waals surface area contributed by atoms with Crippen molar-refractivity contribution in [2.45, 2.75) is 37.4 Å². The number of piperidine rings is 1. The van der Waals surface area contributed by atoms with Crippen molar-refractivity contribution in [3.8, 4) is 0 Å². The van der Waals surface area contributed by atoms with Crippen molar-refractivity contribution in [2.75, 3.05) is 0 Å². The van der Waals surface area contributed by atoms with E-state index in [9.17, 15) is 0 Å². The number of nitrogens with two attached hydrogens (primary N) is 1. The largest absolute Gasteiger partial charge is 0.326 e. The van der Waals surface area contributed by atoms with Gasteiger partial charge in [-0.05, 0) is 25.2 Å². The number of allylic oxidation sites excluding steroid dienone is 1. The maximum atomic E-state index is 5.94. The molecule has 0 radical (unpaired) electrons. The third-order valence-electron chi connectivity index (χ3n) is 3.00. The summed E-state index contributed by atoms with van der Waals surface area (Å²) in [6.07, 6.45) is 5.68. The maximum absolute atomic E-state index is 5.94. The molecule has 0 saturated carbocycles. The van der Waals surface area contributed by atoms with Crippen LogP contribution in [0.5, 0.6) is 0 Å². The molecule has 0 aromatic carbocycles. The average molecular weight is 152 g/mol.